The molecule has 2 aromatic rings. The van der Waals surface area contributed by atoms with Crippen molar-refractivity contribution in [3.63, 3.8) is 0 Å². The lowest BCUT2D eigenvalue weighted by molar-refractivity contribution is 0.209. The zero-order chi connectivity index (χ0) is 14.1. The van der Waals surface area contributed by atoms with Crippen molar-refractivity contribution in [2.24, 2.45) is 0 Å². The lowest BCUT2D eigenvalue weighted by Gasteiger charge is -2.19. The van der Waals surface area contributed by atoms with Gasteiger partial charge < -0.3 is 4.90 Å². The third-order valence-electron chi connectivity index (χ3n) is 3.37. The summed E-state index contributed by atoms with van der Waals surface area (Å²) in [6.07, 6.45) is 3.56. The average Bonchev–Trinajstić information content (AvgIpc) is 3.03. The zero-order valence-electron chi connectivity index (χ0n) is 11.1. The smallest absolute Gasteiger partial charge is 0.310 e. The Balaban J connectivity index is 1.94. The number of nitrogens with one attached hydrogen (secondary N) is 2. The molecule has 1 atom stereocenters. The van der Waals surface area contributed by atoms with Crippen molar-refractivity contribution in [3.05, 3.63) is 48.3 Å². The number of amides is 2. The van der Waals surface area contributed by atoms with E-state index in [0.29, 0.717) is 6.54 Å². The first kappa shape index (κ1) is 12.4. The van der Waals surface area contributed by atoms with Gasteiger partial charge in [-0.05, 0) is 19.1 Å². The van der Waals surface area contributed by atoms with Crippen LogP contribution in [-0.4, -0.2) is 33.1 Å². The standard InChI is InChI=1S/C14H15N5O/c1-2-18-12(13(15)17-14(18)20)10-8-16-19(9-10)11-6-4-3-5-7-11/h3-9,12H,2H2,1H3,(H2,15,17,20). The largest absolute Gasteiger partial charge is 0.323 e. The molecule has 102 valence electrons. The molecule has 0 aliphatic carbocycles. The first-order chi connectivity index (χ1) is 9.70. The number of hydrogen-bond donors (Lipinski definition) is 2. The van der Waals surface area contributed by atoms with E-state index in [0.717, 1.165) is 11.3 Å². The molecular formula is C14H15N5O. The van der Waals surface area contributed by atoms with Crippen molar-refractivity contribution in [1.82, 2.24) is 20.0 Å². The predicted octanol–water partition coefficient (Wildman–Crippen LogP) is 1.94. The maximum Gasteiger partial charge on any atom is 0.323 e. The SMILES string of the molecule is CCN1C(=O)NC(=N)C1c1cnn(-c2ccccc2)c1. The third kappa shape index (κ3) is 1.95. The number of para-hydroxylation sites is 1. The second-order valence-electron chi connectivity index (χ2n) is 4.59. The summed E-state index contributed by atoms with van der Waals surface area (Å²) in [5.74, 6) is 0.199. The van der Waals surface area contributed by atoms with E-state index >= 15 is 0 Å². The van der Waals surface area contributed by atoms with Crippen molar-refractivity contribution >= 4 is 11.9 Å². The Morgan fingerprint density at radius 1 is 1.35 bits per heavy atom. The molecule has 0 bridgehead atoms. The highest BCUT2D eigenvalue weighted by molar-refractivity contribution is 6.05. The van der Waals surface area contributed by atoms with Crippen LogP contribution in [0.1, 0.15) is 18.5 Å². The van der Waals surface area contributed by atoms with E-state index in [1.54, 1.807) is 15.8 Å². The van der Waals surface area contributed by atoms with E-state index in [2.05, 4.69) is 10.4 Å². The number of carbonyl (C=O) groups excluding carboxylic acids is 1. The van der Waals surface area contributed by atoms with Gasteiger partial charge in [-0.1, -0.05) is 18.2 Å². The summed E-state index contributed by atoms with van der Waals surface area (Å²) >= 11 is 0. The van der Waals surface area contributed by atoms with E-state index in [-0.39, 0.29) is 17.9 Å². The minimum absolute atomic E-state index is 0.199. The molecule has 1 aromatic heterocycles. The number of rotatable bonds is 3. The molecule has 1 aromatic carbocycles. The first-order valence-corrected chi connectivity index (χ1v) is 6.46. The Kier molecular flexibility index (Phi) is 2.98. The van der Waals surface area contributed by atoms with E-state index < -0.39 is 0 Å². The molecular weight excluding hydrogens is 254 g/mol. The summed E-state index contributed by atoms with van der Waals surface area (Å²) in [7, 11) is 0. The topological polar surface area (TPSA) is 74.0 Å². The maximum atomic E-state index is 11.7. The Morgan fingerprint density at radius 2 is 2.10 bits per heavy atom. The molecule has 2 heterocycles. The normalized spacial score (nSPS) is 18.4. The van der Waals surface area contributed by atoms with E-state index in [4.69, 9.17) is 5.41 Å². The average molecular weight is 269 g/mol. The van der Waals surface area contributed by atoms with Crippen LogP contribution in [0.5, 0.6) is 0 Å². The van der Waals surface area contributed by atoms with Gasteiger partial charge in [0.1, 0.15) is 11.9 Å². The van der Waals surface area contributed by atoms with Gasteiger partial charge in [-0.25, -0.2) is 9.48 Å². The molecule has 0 saturated carbocycles. The summed E-state index contributed by atoms with van der Waals surface area (Å²) in [5, 5.41) is 14.8. The summed E-state index contributed by atoms with van der Waals surface area (Å²) in [4.78, 5) is 13.3. The maximum absolute atomic E-state index is 11.7. The van der Waals surface area contributed by atoms with Gasteiger partial charge in [-0.3, -0.25) is 10.7 Å². The summed E-state index contributed by atoms with van der Waals surface area (Å²) in [6.45, 7) is 2.45. The van der Waals surface area contributed by atoms with Crippen LogP contribution in [0.4, 0.5) is 4.79 Å². The fraction of sp³-hybridized carbons (Fsp3) is 0.214. The number of likely N-dealkylation sites (N-methyl/N-ethyl adjacent to an activating group) is 1. The molecule has 1 fully saturated rings. The van der Waals surface area contributed by atoms with Gasteiger partial charge in [0.15, 0.2) is 0 Å². The zero-order valence-corrected chi connectivity index (χ0v) is 11.1. The monoisotopic (exact) mass is 269 g/mol. The van der Waals surface area contributed by atoms with E-state index in [9.17, 15) is 4.79 Å². The van der Waals surface area contributed by atoms with Crippen LogP contribution >= 0.6 is 0 Å². The minimum atomic E-state index is -0.370. The van der Waals surface area contributed by atoms with Crippen LogP contribution in [-0.2, 0) is 0 Å². The molecule has 6 nitrogen and oxygen atoms in total. The molecule has 2 amide bonds. The van der Waals surface area contributed by atoms with Crippen molar-refractivity contribution < 1.29 is 4.79 Å². The van der Waals surface area contributed by atoms with Crippen LogP contribution in [0.25, 0.3) is 5.69 Å². The Morgan fingerprint density at radius 3 is 2.80 bits per heavy atom. The second-order valence-corrected chi connectivity index (χ2v) is 4.59. The van der Waals surface area contributed by atoms with Crippen LogP contribution in [0.3, 0.4) is 0 Å². The molecule has 0 radical (unpaired) electrons. The first-order valence-electron chi connectivity index (χ1n) is 6.46. The highest BCUT2D eigenvalue weighted by Gasteiger charge is 2.36. The molecule has 3 rings (SSSR count). The number of benzene rings is 1. The van der Waals surface area contributed by atoms with Crippen molar-refractivity contribution in [2.45, 2.75) is 13.0 Å². The van der Waals surface area contributed by atoms with Crippen LogP contribution in [0, 0.1) is 5.41 Å². The lowest BCUT2D eigenvalue weighted by Crippen LogP contribution is -2.29. The summed E-state index contributed by atoms with van der Waals surface area (Å²) in [5.41, 5.74) is 1.78. The van der Waals surface area contributed by atoms with E-state index in [1.165, 1.54) is 0 Å². The highest BCUT2D eigenvalue weighted by Crippen LogP contribution is 2.25. The quantitative estimate of drug-likeness (QED) is 0.893. The van der Waals surface area contributed by atoms with E-state index in [1.807, 2.05) is 43.5 Å². The van der Waals surface area contributed by atoms with Crippen LogP contribution in [0.2, 0.25) is 0 Å². The van der Waals surface area contributed by atoms with Gasteiger partial charge >= 0.3 is 6.03 Å². The molecule has 20 heavy (non-hydrogen) atoms. The number of aromatic nitrogens is 2. The van der Waals surface area contributed by atoms with Gasteiger partial charge in [0.2, 0.25) is 0 Å². The molecule has 6 heteroatoms. The van der Waals surface area contributed by atoms with Gasteiger partial charge in [0.25, 0.3) is 0 Å². The predicted molar refractivity (Wildman–Crippen MR) is 74.9 cm³/mol. The van der Waals surface area contributed by atoms with Crippen molar-refractivity contribution in [1.29, 1.82) is 5.41 Å². The number of hydrogen-bond acceptors (Lipinski definition) is 3. The summed E-state index contributed by atoms with van der Waals surface area (Å²) in [6, 6.07) is 9.15. The molecule has 1 aliphatic rings. The number of amidine groups is 1. The van der Waals surface area contributed by atoms with Crippen molar-refractivity contribution in [3.8, 4) is 5.69 Å². The fourth-order valence-electron chi connectivity index (χ4n) is 2.40. The fourth-order valence-corrected chi connectivity index (χ4v) is 2.40. The second kappa shape index (κ2) is 4.80. The number of nitrogens with zero attached hydrogens (tertiary/aromatic N) is 3. The number of urea groups is 1. The molecule has 0 spiro atoms. The van der Waals surface area contributed by atoms with Gasteiger partial charge in [-0.15, -0.1) is 0 Å². The van der Waals surface area contributed by atoms with Gasteiger partial charge in [-0.2, -0.15) is 5.10 Å². The summed E-state index contributed by atoms with van der Waals surface area (Å²) < 4.78 is 1.75. The third-order valence-corrected chi connectivity index (χ3v) is 3.37. The Bertz CT molecular complexity index is 649. The van der Waals surface area contributed by atoms with Crippen LogP contribution < -0.4 is 5.32 Å². The Labute approximate surface area is 116 Å². The molecule has 1 aliphatic heterocycles. The van der Waals surface area contributed by atoms with Crippen molar-refractivity contribution in [2.75, 3.05) is 6.54 Å². The van der Waals surface area contributed by atoms with Crippen LogP contribution in [0.15, 0.2) is 42.7 Å². The number of carbonyl (C=O) groups is 1. The molecule has 1 unspecified atom stereocenters. The minimum Gasteiger partial charge on any atom is -0.310 e. The highest BCUT2D eigenvalue weighted by atomic mass is 16.2. The molecule has 2 N–H and O–H groups in total. The Hall–Kier alpha value is -2.63. The molecule has 1 saturated heterocycles. The lowest BCUT2D eigenvalue weighted by atomic mass is 10.1. The van der Waals surface area contributed by atoms with Gasteiger partial charge in [0.05, 0.1) is 11.9 Å². The van der Waals surface area contributed by atoms with Gasteiger partial charge in [0, 0.05) is 18.3 Å².